The van der Waals surface area contributed by atoms with Gasteiger partial charge in [0, 0.05) is 48.6 Å². The number of aryl methyl sites for hydroxylation is 1. The number of aliphatic imine (C=N–C) groups is 1. The molecule has 2 rings (SSSR count). The summed E-state index contributed by atoms with van der Waals surface area (Å²) in [5, 5.41) is 8.30. The van der Waals surface area contributed by atoms with Crippen molar-refractivity contribution >= 4 is 44.8 Å². The van der Waals surface area contributed by atoms with Gasteiger partial charge in [0.1, 0.15) is 0 Å². The monoisotopic (exact) mass is 436 g/mol. The summed E-state index contributed by atoms with van der Waals surface area (Å²) in [7, 11) is 3.77. The van der Waals surface area contributed by atoms with Crippen molar-refractivity contribution in [3.63, 3.8) is 0 Å². The molecule has 0 fully saturated rings. The Morgan fingerprint density at radius 1 is 1.35 bits per heavy atom. The van der Waals surface area contributed by atoms with Gasteiger partial charge in [-0.2, -0.15) is 0 Å². The number of hydrogen-bond acceptors (Lipinski definition) is 3. The Balaban J connectivity index is 1.75. The lowest BCUT2D eigenvalue weighted by Crippen LogP contribution is -2.41. The standard InChI is InChI=1S/C19H25BrN4OS/c1-14-6-7-15(20)13-17(14)23-18(25)8-10-22-19(21-2)24(3)11-9-16-5-4-12-26-16/h4-7,12-13H,8-11H2,1-3H3,(H,21,22)(H,23,25). The van der Waals surface area contributed by atoms with E-state index in [1.165, 1.54) is 4.88 Å². The second-order valence-corrected chi connectivity index (χ2v) is 7.93. The Morgan fingerprint density at radius 2 is 2.15 bits per heavy atom. The molecule has 2 N–H and O–H groups in total. The van der Waals surface area contributed by atoms with Crippen LogP contribution in [0.3, 0.4) is 0 Å². The minimum atomic E-state index is -0.0182. The topological polar surface area (TPSA) is 56.7 Å². The Kier molecular flexibility index (Phi) is 8.12. The second kappa shape index (κ2) is 10.3. The number of carbonyl (C=O) groups is 1. The Hall–Kier alpha value is -1.86. The molecule has 1 amide bonds. The summed E-state index contributed by atoms with van der Waals surface area (Å²) in [6.07, 6.45) is 1.36. The van der Waals surface area contributed by atoms with E-state index in [9.17, 15) is 4.79 Å². The quantitative estimate of drug-likeness (QED) is 0.511. The number of nitrogens with zero attached hydrogens (tertiary/aromatic N) is 2. The maximum atomic E-state index is 12.2. The van der Waals surface area contributed by atoms with Crippen molar-refractivity contribution in [1.29, 1.82) is 0 Å². The molecule has 0 aliphatic rings. The predicted octanol–water partition coefficient (Wildman–Crippen LogP) is 3.90. The predicted molar refractivity (Wildman–Crippen MR) is 114 cm³/mol. The van der Waals surface area contributed by atoms with E-state index in [1.807, 2.05) is 32.2 Å². The normalized spacial score (nSPS) is 11.3. The van der Waals surface area contributed by atoms with E-state index < -0.39 is 0 Å². The third kappa shape index (κ3) is 6.46. The third-order valence-corrected chi connectivity index (χ3v) is 5.39. The highest BCUT2D eigenvalue weighted by Gasteiger charge is 2.09. The number of halogens is 1. The van der Waals surface area contributed by atoms with Crippen molar-refractivity contribution in [3.8, 4) is 0 Å². The fourth-order valence-corrected chi connectivity index (χ4v) is 3.51. The highest BCUT2D eigenvalue weighted by atomic mass is 79.9. The maximum absolute atomic E-state index is 12.2. The van der Waals surface area contributed by atoms with E-state index in [2.05, 4.69) is 54.0 Å². The molecule has 1 aromatic carbocycles. The first-order chi connectivity index (χ1) is 12.5. The zero-order valence-corrected chi connectivity index (χ0v) is 17.8. The Bertz CT molecular complexity index is 746. The van der Waals surface area contributed by atoms with Crippen LogP contribution in [-0.4, -0.2) is 44.0 Å². The Morgan fingerprint density at radius 3 is 2.85 bits per heavy atom. The molecule has 5 nitrogen and oxygen atoms in total. The molecule has 0 saturated carbocycles. The van der Waals surface area contributed by atoms with E-state index >= 15 is 0 Å². The van der Waals surface area contributed by atoms with E-state index in [4.69, 9.17) is 0 Å². The van der Waals surface area contributed by atoms with Crippen molar-refractivity contribution < 1.29 is 4.79 Å². The largest absolute Gasteiger partial charge is 0.356 e. The van der Waals surface area contributed by atoms with Gasteiger partial charge in [0.2, 0.25) is 5.91 Å². The number of amides is 1. The lowest BCUT2D eigenvalue weighted by atomic mass is 10.2. The van der Waals surface area contributed by atoms with Gasteiger partial charge in [0.25, 0.3) is 0 Å². The van der Waals surface area contributed by atoms with E-state index in [-0.39, 0.29) is 5.91 Å². The van der Waals surface area contributed by atoms with Gasteiger partial charge in [0.05, 0.1) is 0 Å². The summed E-state index contributed by atoms with van der Waals surface area (Å²) in [6, 6.07) is 10.1. The molecule has 7 heteroatoms. The number of thiophene rings is 1. The van der Waals surface area contributed by atoms with Crippen LogP contribution in [0.15, 0.2) is 45.2 Å². The third-order valence-electron chi connectivity index (χ3n) is 3.96. The number of benzene rings is 1. The summed E-state index contributed by atoms with van der Waals surface area (Å²) in [5.41, 5.74) is 1.88. The first-order valence-electron chi connectivity index (χ1n) is 8.49. The summed E-state index contributed by atoms with van der Waals surface area (Å²) in [5.74, 6) is 0.781. The lowest BCUT2D eigenvalue weighted by molar-refractivity contribution is -0.116. The SMILES string of the molecule is CN=C(NCCC(=O)Nc1cc(Br)ccc1C)N(C)CCc1cccs1. The lowest BCUT2D eigenvalue weighted by Gasteiger charge is -2.21. The molecule has 1 heterocycles. The molecule has 0 unspecified atom stereocenters. The van der Waals surface area contributed by atoms with Crippen LogP contribution in [0, 0.1) is 6.92 Å². The summed E-state index contributed by atoms with van der Waals surface area (Å²) in [6.45, 7) is 3.39. The average Bonchev–Trinajstić information content (AvgIpc) is 3.13. The molecular weight excluding hydrogens is 412 g/mol. The van der Waals surface area contributed by atoms with E-state index in [0.717, 1.165) is 34.6 Å². The highest BCUT2D eigenvalue weighted by Crippen LogP contribution is 2.20. The number of guanidine groups is 1. The minimum absolute atomic E-state index is 0.0182. The van der Waals surface area contributed by atoms with Gasteiger partial charge in [-0.05, 0) is 42.5 Å². The smallest absolute Gasteiger partial charge is 0.226 e. The number of rotatable bonds is 7. The van der Waals surface area contributed by atoms with Crippen molar-refractivity contribution in [2.75, 3.05) is 32.5 Å². The van der Waals surface area contributed by atoms with Crippen LogP contribution in [0.1, 0.15) is 16.9 Å². The molecule has 0 saturated heterocycles. The van der Waals surface area contributed by atoms with Crippen LogP contribution in [0.25, 0.3) is 0 Å². The van der Waals surface area contributed by atoms with Gasteiger partial charge in [-0.15, -0.1) is 11.3 Å². The molecule has 140 valence electrons. The van der Waals surface area contributed by atoms with Crippen LogP contribution in [0.5, 0.6) is 0 Å². The molecule has 2 aromatic rings. The summed E-state index contributed by atoms with van der Waals surface area (Å²) < 4.78 is 0.948. The van der Waals surface area contributed by atoms with Crippen molar-refractivity contribution in [2.24, 2.45) is 4.99 Å². The molecule has 0 bridgehead atoms. The van der Waals surface area contributed by atoms with Crippen LogP contribution in [0.2, 0.25) is 0 Å². The number of nitrogens with one attached hydrogen (secondary N) is 2. The number of likely N-dealkylation sites (N-methyl/N-ethyl adjacent to an activating group) is 1. The van der Waals surface area contributed by atoms with E-state index in [1.54, 1.807) is 18.4 Å². The first kappa shape index (κ1) is 20.5. The molecule has 0 spiro atoms. The number of anilines is 1. The molecule has 26 heavy (non-hydrogen) atoms. The molecule has 0 aliphatic carbocycles. The van der Waals surface area contributed by atoms with Crippen LogP contribution in [-0.2, 0) is 11.2 Å². The zero-order chi connectivity index (χ0) is 18.9. The summed E-state index contributed by atoms with van der Waals surface area (Å²) >= 11 is 5.19. The van der Waals surface area contributed by atoms with Gasteiger partial charge in [0.15, 0.2) is 5.96 Å². The van der Waals surface area contributed by atoms with Crippen molar-refractivity contribution in [1.82, 2.24) is 10.2 Å². The van der Waals surface area contributed by atoms with Gasteiger partial charge >= 0.3 is 0 Å². The minimum Gasteiger partial charge on any atom is -0.356 e. The number of carbonyl (C=O) groups excluding carboxylic acids is 1. The van der Waals surface area contributed by atoms with Crippen LogP contribution >= 0.6 is 27.3 Å². The average molecular weight is 437 g/mol. The zero-order valence-electron chi connectivity index (χ0n) is 15.4. The van der Waals surface area contributed by atoms with Gasteiger partial charge in [-0.3, -0.25) is 9.79 Å². The summed E-state index contributed by atoms with van der Waals surface area (Å²) in [4.78, 5) is 19.9. The van der Waals surface area contributed by atoms with Gasteiger partial charge in [-0.25, -0.2) is 0 Å². The van der Waals surface area contributed by atoms with Crippen molar-refractivity contribution in [2.45, 2.75) is 19.8 Å². The highest BCUT2D eigenvalue weighted by molar-refractivity contribution is 9.10. The Labute approximate surface area is 167 Å². The number of hydrogen-bond donors (Lipinski definition) is 2. The van der Waals surface area contributed by atoms with Crippen molar-refractivity contribution in [3.05, 3.63) is 50.6 Å². The fourth-order valence-electron chi connectivity index (χ4n) is 2.45. The molecule has 0 atom stereocenters. The van der Waals surface area contributed by atoms with Crippen LogP contribution in [0.4, 0.5) is 5.69 Å². The molecular formula is C19H25BrN4OS. The van der Waals surface area contributed by atoms with Gasteiger partial charge < -0.3 is 15.5 Å². The molecule has 1 aromatic heterocycles. The molecule has 0 aliphatic heterocycles. The second-order valence-electron chi connectivity index (χ2n) is 5.98. The first-order valence-corrected chi connectivity index (χ1v) is 10.2. The maximum Gasteiger partial charge on any atom is 0.226 e. The van der Waals surface area contributed by atoms with E-state index in [0.29, 0.717) is 13.0 Å². The molecule has 0 radical (unpaired) electrons. The van der Waals surface area contributed by atoms with Gasteiger partial charge in [-0.1, -0.05) is 28.1 Å². The van der Waals surface area contributed by atoms with Crippen LogP contribution < -0.4 is 10.6 Å². The fraction of sp³-hybridized carbons (Fsp3) is 0.368.